The molecule has 1 unspecified atom stereocenters. The molecule has 2 aromatic carbocycles. The van der Waals surface area contributed by atoms with Crippen molar-refractivity contribution in [3.8, 4) is 0 Å². The summed E-state index contributed by atoms with van der Waals surface area (Å²) in [6, 6.07) is 12.1. The standard InChI is InChI=1S/C21H19ClFNO3S/c22-14-6-5-7-15(12-14)28(26,27)24-13-18-16(8-2-4-11-20(18)25)21(24)17-9-1-3-10-19(17)23/h1,3,5-7,9-10,12,18H,2,4,8,11,13H2. The number of benzene rings is 2. The molecule has 1 atom stereocenters. The van der Waals surface area contributed by atoms with Crippen LogP contribution in [0.4, 0.5) is 4.39 Å². The zero-order valence-corrected chi connectivity index (χ0v) is 16.6. The van der Waals surface area contributed by atoms with Crippen LogP contribution in [-0.4, -0.2) is 25.1 Å². The third-order valence-electron chi connectivity index (χ3n) is 5.34. The Kier molecular flexibility index (Phi) is 5.02. The van der Waals surface area contributed by atoms with Gasteiger partial charge in [-0.15, -0.1) is 0 Å². The Bertz CT molecular complexity index is 1080. The molecule has 1 aliphatic heterocycles. The van der Waals surface area contributed by atoms with Crippen LogP contribution in [0.3, 0.4) is 0 Å². The molecule has 1 aliphatic carbocycles. The maximum absolute atomic E-state index is 14.7. The number of carbonyl (C=O) groups is 1. The fourth-order valence-corrected chi connectivity index (χ4v) is 5.84. The predicted molar refractivity (Wildman–Crippen MR) is 106 cm³/mol. The van der Waals surface area contributed by atoms with Gasteiger partial charge in [0, 0.05) is 23.6 Å². The highest BCUT2D eigenvalue weighted by atomic mass is 35.5. The van der Waals surface area contributed by atoms with Gasteiger partial charge in [-0.05, 0) is 55.2 Å². The first-order valence-corrected chi connectivity index (χ1v) is 11.0. The molecule has 1 fully saturated rings. The zero-order chi connectivity index (χ0) is 19.9. The molecule has 0 amide bonds. The summed E-state index contributed by atoms with van der Waals surface area (Å²) < 4.78 is 42.7. The molecule has 4 rings (SSSR count). The molecular formula is C21H19ClFNO3S. The fourth-order valence-electron chi connectivity index (χ4n) is 4.00. The number of Topliss-reactive ketones (excluding diaryl/α,β-unsaturated/α-hetero) is 1. The second kappa shape index (κ2) is 7.33. The molecule has 0 saturated heterocycles. The zero-order valence-electron chi connectivity index (χ0n) is 15.1. The minimum absolute atomic E-state index is 0.00663. The number of hydrogen-bond acceptors (Lipinski definition) is 3. The SMILES string of the molecule is O=C1CCCCC2=C(c3ccccc3F)N(S(=O)(=O)c3cccc(Cl)c3)CC12. The molecule has 1 heterocycles. The van der Waals surface area contributed by atoms with Gasteiger partial charge in [0.05, 0.1) is 16.5 Å². The van der Waals surface area contributed by atoms with Gasteiger partial charge in [0.2, 0.25) is 0 Å². The van der Waals surface area contributed by atoms with Gasteiger partial charge >= 0.3 is 0 Å². The summed E-state index contributed by atoms with van der Waals surface area (Å²) in [4.78, 5) is 12.7. The van der Waals surface area contributed by atoms with Crippen LogP contribution < -0.4 is 0 Å². The highest BCUT2D eigenvalue weighted by Gasteiger charge is 2.43. The van der Waals surface area contributed by atoms with Crippen LogP contribution in [-0.2, 0) is 14.8 Å². The number of rotatable bonds is 3. The normalized spacial score (nSPS) is 20.3. The van der Waals surface area contributed by atoms with E-state index in [9.17, 15) is 17.6 Å². The first kappa shape index (κ1) is 19.2. The van der Waals surface area contributed by atoms with Crippen LogP contribution in [0.5, 0.6) is 0 Å². The topological polar surface area (TPSA) is 54.5 Å². The van der Waals surface area contributed by atoms with Gasteiger partial charge in [0.1, 0.15) is 11.6 Å². The number of halogens is 2. The molecule has 7 heteroatoms. The summed E-state index contributed by atoms with van der Waals surface area (Å²) in [5.41, 5.74) is 1.23. The maximum atomic E-state index is 14.7. The Hall–Kier alpha value is -2.18. The number of sulfonamides is 1. The van der Waals surface area contributed by atoms with Crippen molar-refractivity contribution in [2.45, 2.75) is 30.6 Å². The fraction of sp³-hybridized carbons (Fsp3) is 0.286. The summed E-state index contributed by atoms with van der Waals surface area (Å²) in [5.74, 6) is -1.01. The van der Waals surface area contributed by atoms with Crippen molar-refractivity contribution in [2.75, 3.05) is 6.54 Å². The molecular weight excluding hydrogens is 401 g/mol. The summed E-state index contributed by atoms with van der Waals surface area (Å²) in [6.45, 7) is 0.00663. The minimum atomic E-state index is -4.00. The van der Waals surface area contributed by atoms with E-state index < -0.39 is 21.8 Å². The first-order chi connectivity index (χ1) is 13.4. The van der Waals surface area contributed by atoms with Gasteiger partial charge in [-0.2, -0.15) is 0 Å². The lowest BCUT2D eigenvalue weighted by Crippen LogP contribution is -2.31. The third-order valence-corrected chi connectivity index (χ3v) is 7.34. The monoisotopic (exact) mass is 419 g/mol. The van der Waals surface area contributed by atoms with Crippen molar-refractivity contribution >= 4 is 33.1 Å². The highest BCUT2D eigenvalue weighted by Crippen LogP contribution is 2.44. The smallest absolute Gasteiger partial charge is 0.264 e. The lowest BCUT2D eigenvalue weighted by Gasteiger charge is -2.24. The Labute approximate surface area is 168 Å². The predicted octanol–water partition coefficient (Wildman–Crippen LogP) is 4.65. The van der Waals surface area contributed by atoms with Crippen molar-refractivity contribution in [1.29, 1.82) is 0 Å². The van der Waals surface area contributed by atoms with E-state index in [4.69, 9.17) is 11.6 Å². The van der Waals surface area contributed by atoms with Crippen LogP contribution in [0, 0.1) is 11.7 Å². The second-order valence-corrected chi connectivity index (χ2v) is 9.37. The summed E-state index contributed by atoms with van der Waals surface area (Å²) in [6.07, 6.45) is 2.55. The van der Waals surface area contributed by atoms with E-state index in [1.165, 1.54) is 22.5 Å². The average Bonchev–Trinajstić information content (AvgIpc) is 2.96. The number of fused-ring (bicyclic) bond motifs is 1. The van der Waals surface area contributed by atoms with Crippen molar-refractivity contribution in [2.24, 2.45) is 5.92 Å². The third kappa shape index (κ3) is 3.25. The number of nitrogens with zero attached hydrogens (tertiary/aromatic N) is 1. The van der Waals surface area contributed by atoms with Crippen LogP contribution in [0.1, 0.15) is 31.2 Å². The Morgan fingerprint density at radius 3 is 2.54 bits per heavy atom. The maximum Gasteiger partial charge on any atom is 0.264 e. The minimum Gasteiger partial charge on any atom is -0.299 e. The summed E-state index contributed by atoms with van der Waals surface area (Å²) >= 11 is 5.99. The number of hydrogen-bond donors (Lipinski definition) is 0. The van der Waals surface area contributed by atoms with Crippen LogP contribution in [0.25, 0.3) is 5.70 Å². The Morgan fingerprint density at radius 1 is 1.04 bits per heavy atom. The lowest BCUT2D eigenvalue weighted by molar-refractivity contribution is -0.121. The Morgan fingerprint density at radius 2 is 1.79 bits per heavy atom. The van der Waals surface area contributed by atoms with Gasteiger partial charge in [-0.1, -0.05) is 29.8 Å². The second-order valence-electron chi connectivity index (χ2n) is 7.07. The van der Waals surface area contributed by atoms with E-state index in [1.54, 1.807) is 30.3 Å². The highest BCUT2D eigenvalue weighted by molar-refractivity contribution is 7.89. The molecule has 2 aliphatic rings. The van der Waals surface area contributed by atoms with Crippen LogP contribution in [0.2, 0.25) is 5.02 Å². The van der Waals surface area contributed by atoms with Gasteiger partial charge < -0.3 is 0 Å². The molecule has 0 radical (unpaired) electrons. The van der Waals surface area contributed by atoms with Gasteiger partial charge in [0.25, 0.3) is 10.0 Å². The Balaban J connectivity index is 1.92. The molecule has 0 spiro atoms. The lowest BCUT2D eigenvalue weighted by atomic mass is 9.93. The molecule has 1 saturated carbocycles. The molecule has 2 aromatic rings. The molecule has 146 valence electrons. The first-order valence-electron chi connectivity index (χ1n) is 9.18. The van der Waals surface area contributed by atoms with E-state index in [0.717, 1.165) is 18.4 Å². The summed E-state index contributed by atoms with van der Waals surface area (Å²) in [5, 5.41) is 0.297. The van der Waals surface area contributed by atoms with E-state index in [0.29, 0.717) is 23.6 Å². The number of carbonyl (C=O) groups excluding carboxylic acids is 1. The van der Waals surface area contributed by atoms with Crippen LogP contribution in [0.15, 0.2) is 59.0 Å². The molecule has 0 aromatic heterocycles. The van der Waals surface area contributed by atoms with Gasteiger partial charge in [-0.25, -0.2) is 12.8 Å². The van der Waals surface area contributed by atoms with Crippen LogP contribution >= 0.6 is 11.6 Å². The molecule has 0 bridgehead atoms. The van der Waals surface area contributed by atoms with Crippen molar-refractivity contribution in [3.63, 3.8) is 0 Å². The molecule has 28 heavy (non-hydrogen) atoms. The largest absolute Gasteiger partial charge is 0.299 e. The van der Waals surface area contributed by atoms with E-state index in [1.807, 2.05) is 0 Å². The molecule has 4 nitrogen and oxygen atoms in total. The molecule has 0 N–H and O–H groups in total. The van der Waals surface area contributed by atoms with Gasteiger partial charge in [-0.3, -0.25) is 9.10 Å². The van der Waals surface area contributed by atoms with Crippen molar-refractivity contribution in [1.82, 2.24) is 4.31 Å². The average molecular weight is 420 g/mol. The van der Waals surface area contributed by atoms with E-state index >= 15 is 0 Å². The van der Waals surface area contributed by atoms with E-state index in [-0.39, 0.29) is 22.8 Å². The summed E-state index contributed by atoms with van der Waals surface area (Å²) in [7, 11) is -4.00. The van der Waals surface area contributed by atoms with Crippen molar-refractivity contribution < 1.29 is 17.6 Å². The van der Waals surface area contributed by atoms with E-state index in [2.05, 4.69) is 0 Å². The number of ketones is 1. The quantitative estimate of drug-likeness (QED) is 0.727. The van der Waals surface area contributed by atoms with Crippen molar-refractivity contribution in [3.05, 3.63) is 70.5 Å². The van der Waals surface area contributed by atoms with Gasteiger partial charge in [0.15, 0.2) is 0 Å².